The highest BCUT2D eigenvalue weighted by Crippen LogP contribution is 2.28. The zero-order valence-corrected chi connectivity index (χ0v) is 10.5. The number of piperidine rings is 1. The predicted molar refractivity (Wildman–Crippen MR) is 66.0 cm³/mol. The number of likely N-dealkylation sites (tertiary alicyclic amines) is 1. The number of aromatic nitrogens is 2. The Balaban J connectivity index is 1.85. The van der Waals surface area contributed by atoms with E-state index in [0.29, 0.717) is 5.92 Å². The van der Waals surface area contributed by atoms with Gasteiger partial charge >= 0.3 is 0 Å². The van der Waals surface area contributed by atoms with Crippen molar-refractivity contribution in [1.82, 2.24) is 14.5 Å². The molecular weight excluding hydrogens is 214 g/mol. The quantitative estimate of drug-likeness (QED) is 0.789. The Morgan fingerprint density at radius 1 is 1.35 bits per heavy atom. The van der Waals surface area contributed by atoms with Crippen LogP contribution in [0.1, 0.15) is 36.7 Å². The van der Waals surface area contributed by atoms with Gasteiger partial charge in [0.2, 0.25) is 0 Å². The van der Waals surface area contributed by atoms with Gasteiger partial charge in [0.15, 0.2) is 0 Å². The third kappa shape index (κ3) is 2.11. The van der Waals surface area contributed by atoms with Gasteiger partial charge in [0.25, 0.3) is 0 Å². The van der Waals surface area contributed by atoms with Crippen LogP contribution in [0.15, 0.2) is 6.20 Å². The van der Waals surface area contributed by atoms with Gasteiger partial charge < -0.3 is 14.6 Å². The molecule has 0 bridgehead atoms. The molecule has 2 aliphatic rings. The lowest BCUT2D eigenvalue weighted by molar-refractivity contribution is 0.128. The van der Waals surface area contributed by atoms with E-state index in [1.807, 2.05) is 6.20 Å². The van der Waals surface area contributed by atoms with Crippen LogP contribution in [0, 0.1) is 0 Å². The zero-order valence-electron chi connectivity index (χ0n) is 10.5. The summed E-state index contributed by atoms with van der Waals surface area (Å²) in [6.07, 6.45) is 6.17. The molecule has 2 unspecified atom stereocenters. The maximum absolute atomic E-state index is 9.79. The summed E-state index contributed by atoms with van der Waals surface area (Å²) in [6.45, 7) is 3.05. The zero-order chi connectivity index (χ0) is 11.8. The summed E-state index contributed by atoms with van der Waals surface area (Å²) in [7, 11) is 2.18. The third-order valence-corrected chi connectivity index (χ3v) is 4.09. The number of imidazole rings is 1. The van der Waals surface area contributed by atoms with E-state index in [0.717, 1.165) is 25.9 Å². The van der Waals surface area contributed by atoms with E-state index in [4.69, 9.17) is 0 Å². The van der Waals surface area contributed by atoms with Crippen LogP contribution >= 0.6 is 0 Å². The Labute approximate surface area is 102 Å². The maximum Gasteiger partial charge on any atom is 0.113 e. The van der Waals surface area contributed by atoms with Crippen molar-refractivity contribution in [3.63, 3.8) is 0 Å². The summed E-state index contributed by atoms with van der Waals surface area (Å²) in [5.74, 6) is 1.75. The molecule has 94 valence electrons. The Bertz CT molecular complexity index is 401. The van der Waals surface area contributed by atoms with Crippen LogP contribution in [0.2, 0.25) is 0 Å². The smallest absolute Gasteiger partial charge is 0.113 e. The van der Waals surface area contributed by atoms with E-state index >= 15 is 0 Å². The van der Waals surface area contributed by atoms with E-state index < -0.39 is 0 Å². The van der Waals surface area contributed by atoms with Crippen molar-refractivity contribution in [2.24, 2.45) is 0 Å². The highest BCUT2D eigenvalue weighted by Gasteiger charge is 2.26. The summed E-state index contributed by atoms with van der Waals surface area (Å²) in [6, 6.07) is 0. The van der Waals surface area contributed by atoms with E-state index in [9.17, 15) is 5.11 Å². The highest BCUT2D eigenvalue weighted by atomic mass is 16.3. The molecule has 0 spiro atoms. The van der Waals surface area contributed by atoms with Crippen molar-refractivity contribution in [2.45, 2.75) is 44.2 Å². The monoisotopic (exact) mass is 235 g/mol. The number of hydrogen-bond donors (Lipinski definition) is 1. The normalized spacial score (nSPS) is 30.2. The average Bonchev–Trinajstić information content (AvgIpc) is 2.71. The van der Waals surface area contributed by atoms with Crippen LogP contribution < -0.4 is 0 Å². The lowest BCUT2D eigenvalue weighted by atomic mass is 9.97. The minimum absolute atomic E-state index is 0.184. The largest absolute Gasteiger partial charge is 0.391 e. The first kappa shape index (κ1) is 11.2. The van der Waals surface area contributed by atoms with Crippen LogP contribution in [0.4, 0.5) is 0 Å². The number of hydrogen-bond acceptors (Lipinski definition) is 3. The van der Waals surface area contributed by atoms with E-state index in [1.54, 1.807) is 0 Å². The molecular formula is C13H21N3O. The predicted octanol–water partition coefficient (Wildman–Crippen LogP) is 0.999. The van der Waals surface area contributed by atoms with E-state index in [1.165, 1.54) is 30.9 Å². The molecule has 0 radical (unpaired) electrons. The van der Waals surface area contributed by atoms with Gasteiger partial charge in [-0.15, -0.1) is 0 Å². The maximum atomic E-state index is 9.79. The van der Waals surface area contributed by atoms with Gasteiger partial charge in [0, 0.05) is 24.4 Å². The van der Waals surface area contributed by atoms with Gasteiger partial charge in [0.05, 0.1) is 12.6 Å². The number of rotatable bonds is 1. The second kappa shape index (κ2) is 4.42. The molecule has 4 heteroatoms. The van der Waals surface area contributed by atoms with E-state index in [-0.39, 0.29) is 6.10 Å². The van der Waals surface area contributed by atoms with Gasteiger partial charge in [-0.1, -0.05) is 0 Å². The summed E-state index contributed by atoms with van der Waals surface area (Å²) in [5.41, 5.74) is 1.30. The van der Waals surface area contributed by atoms with Gasteiger partial charge in [-0.05, 0) is 39.3 Å². The Kier molecular flexibility index (Phi) is 2.92. The summed E-state index contributed by atoms with van der Waals surface area (Å²) < 4.78 is 2.26. The van der Waals surface area contributed by atoms with Crippen LogP contribution in [-0.4, -0.2) is 45.8 Å². The molecule has 17 heavy (non-hydrogen) atoms. The molecule has 3 rings (SSSR count). The molecule has 2 atom stereocenters. The van der Waals surface area contributed by atoms with Crippen LogP contribution in [0.25, 0.3) is 0 Å². The molecule has 1 saturated heterocycles. The fraction of sp³-hybridized carbons (Fsp3) is 0.769. The Hall–Kier alpha value is -0.870. The van der Waals surface area contributed by atoms with Gasteiger partial charge in [0.1, 0.15) is 5.82 Å². The van der Waals surface area contributed by atoms with Gasteiger partial charge in [-0.3, -0.25) is 0 Å². The van der Waals surface area contributed by atoms with Crippen LogP contribution in [0.5, 0.6) is 0 Å². The molecule has 1 fully saturated rings. The number of aliphatic hydroxyl groups is 1. The second-order valence-electron chi connectivity index (χ2n) is 5.51. The first-order valence-electron chi connectivity index (χ1n) is 6.65. The van der Waals surface area contributed by atoms with Gasteiger partial charge in [-0.2, -0.15) is 0 Å². The van der Waals surface area contributed by atoms with Crippen LogP contribution in [-0.2, 0) is 13.0 Å². The summed E-state index contributed by atoms with van der Waals surface area (Å²) in [4.78, 5) is 7.00. The molecule has 0 aromatic carbocycles. The van der Waals surface area contributed by atoms with Crippen molar-refractivity contribution in [1.29, 1.82) is 0 Å². The van der Waals surface area contributed by atoms with E-state index in [2.05, 4.69) is 21.5 Å². The molecule has 4 nitrogen and oxygen atoms in total. The fourth-order valence-corrected chi connectivity index (χ4v) is 3.16. The molecule has 1 N–H and O–H groups in total. The SMILES string of the molecule is CN1CCCC(c2ncc3n2CC(O)CC3)C1. The molecule has 0 amide bonds. The highest BCUT2D eigenvalue weighted by molar-refractivity contribution is 5.13. The topological polar surface area (TPSA) is 41.3 Å². The molecule has 2 aliphatic heterocycles. The Morgan fingerprint density at radius 3 is 3.06 bits per heavy atom. The first-order chi connectivity index (χ1) is 8.24. The van der Waals surface area contributed by atoms with Crippen molar-refractivity contribution >= 4 is 0 Å². The van der Waals surface area contributed by atoms with Crippen molar-refractivity contribution in [3.05, 3.63) is 17.7 Å². The number of fused-ring (bicyclic) bond motifs is 1. The first-order valence-corrected chi connectivity index (χ1v) is 6.65. The van der Waals surface area contributed by atoms with Crippen molar-refractivity contribution in [3.8, 4) is 0 Å². The lowest BCUT2D eigenvalue weighted by Gasteiger charge is -2.31. The molecule has 1 aromatic heterocycles. The third-order valence-electron chi connectivity index (χ3n) is 4.09. The number of nitrogens with zero attached hydrogens (tertiary/aromatic N) is 3. The standard InChI is InChI=1S/C13H21N3O/c1-15-6-2-3-10(8-15)13-14-7-11-4-5-12(17)9-16(11)13/h7,10,12,17H,2-6,8-9H2,1H3. The average molecular weight is 235 g/mol. The summed E-state index contributed by atoms with van der Waals surface area (Å²) >= 11 is 0. The second-order valence-corrected chi connectivity index (χ2v) is 5.51. The van der Waals surface area contributed by atoms with Crippen molar-refractivity contribution < 1.29 is 5.11 Å². The number of aliphatic hydroxyl groups excluding tert-OH is 1. The van der Waals surface area contributed by atoms with Gasteiger partial charge in [-0.25, -0.2) is 4.98 Å². The number of aryl methyl sites for hydroxylation is 1. The molecule has 0 aliphatic carbocycles. The van der Waals surface area contributed by atoms with Crippen molar-refractivity contribution in [2.75, 3.05) is 20.1 Å². The molecule has 1 aromatic rings. The summed E-state index contributed by atoms with van der Waals surface area (Å²) in [5, 5.41) is 9.79. The lowest BCUT2D eigenvalue weighted by Crippen LogP contribution is -2.33. The minimum atomic E-state index is -0.184. The van der Waals surface area contributed by atoms with Crippen LogP contribution in [0.3, 0.4) is 0 Å². The Morgan fingerprint density at radius 2 is 2.24 bits per heavy atom. The number of likely N-dealkylation sites (N-methyl/N-ethyl adjacent to an activating group) is 1. The molecule has 0 saturated carbocycles. The molecule has 3 heterocycles. The minimum Gasteiger partial charge on any atom is -0.391 e. The fourth-order valence-electron chi connectivity index (χ4n) is 3.16.